The van der Waals surface area contributed by atoms with Crippen LogP contribution in [-0.2, 0) is 13.0 Å². The second kappa shape index (κ2) is 5.74. The summed E-state index contributed by atoms with van der Waals surface area (Å²) >= 11 is 0. The maximum atomic E-state index is 6.00. The molecule has 0 aliphatic carbocycles. The Kier molecular flexibility index (Phi) is 3.58. The van der Waals surface area contributed by atoms with E-state index in [4.69, 9.17) is 4.74 Å². The van der Waals surface area contributed by atoms with Crippen LogP contribution in [-0.4, -0.2) is 36.7 Å². The summed E-state index contributed by atoms with van der Waals surface area (Å²) in [6.07, 6.45) is 0.958. The molecule has 2 heterocycles. The fraction of sp³-hybridized carbons (Fsp3) is 0.300. The number of nitrogens with zero attached hydrogens (tertiary/aromatic N) is 2. The summed E-state index contributed by atoms with van der Waals surface area (Å²) in [5, 5.41) is 1.36. The van der Waals surface area contributed by atoms with Crippen molar-refractivity contribution in [1.82, 2.24) is 9.47 Å². The van der Waals surface area contributed by atoms with Crippen LogP contribution in [0.15, 0.2) is 48.5 Å². The number of benzene rings is 2. The van der Waals surface area contributed by atoms with Crippen LogP contribution >= 0.6 is 0 Å². The fourth-order valence-electron chi connectivity index (χ4n) is 3.52. The Hall–Kier alpha value is -2.26. The summed E-state index contributed by atoms with van der Waals surface area (Å²) in [5.41, 5.74) is 5.30. The summed E-state index contributed by atoms with van der Waals surface area (Å²) in [5.74, 6) is 1.00. The van der Waals surface area contributed by atoms with Crippen molar-refractivity contribution in [1.29, 1.82) is 0 Å². The average molecular weight is 306 g/mol. The predicted molar refractivity (Wildman–Crippen MR) is 95.1 cm³/mol. The van der Waals surface area contributed by atoms with E-state index in [0.717, 1.165) is 31.9 Å². The van der Waals surface area contributed by atoms with Gasteiger partial charge in [0.05, 0.1) is 12.3 Å². The van der Waals surface area contributed by atoms with Crippen molar-refractivity contribution in [2.45, 2.75) is 13.0 Å². The molecule has 1 aromatic heterocycles. The van der Waals surface area contributed by atoms with E-state index in [0.29, 0.717) is 0 Å². The number of fused-ring (bicyclic) bond motifs is 5. The highest BCUT2D eigenvalue weighted by atomic mass is 16.5. The highest BCUT2D eigenvalue weighted by Crippen LogP contribution is 2.40. The molecule has 0 fully saturated rings. The zero-order valence-electron chi connectivity index (χ0n) is 13.7. The quantitative estimate of drug-likeness (QED) is 0.732. The molecule has 0 bridgehead atoms. The van der Waals surface area contributed by atoms with Crippen LogP contribution in [0, 0.1) is 0 Å². The minimum absolute atomic E-state index is 0.742. The van der Waals surface area contributed by atoms with Gasteiger partial charge in [-0.1, -0.05) is 30.3 Å². The number of ether oxygens (including phenoxy) is 1. The smallest absolute Gasteiger partial charge is 0.128 e. The molecule has 0 atom stereocenters. The topological polar surface area (TPSA) is 17.4 Å². The number of hydrogen-bond acceptors (Lipinski definition) is 2. The van der Waals surface area contributed by atoms with Crippen molar-refractivity contribution in [3.05, 3.63) is 54.1 Å². The summed E-state index contributed by atoms with van der Waals surface area (Å²) in [7, 11) is 4.25. The summed E-state index contributed by atoms with van der Waals surface area (Å²) in [4.78, 5) is 2.24. The van der Waals surface area contributed by atoms with Gasteiger partial charge >= 0.3 is 0 Å². The molecule has 4 rings (SSSR count). The van der Waals surface area contributed by atoms with Crippen LogP contribution in [0.2, 0.25) is 0 Å². The minimum Gasteiger partial charge on any atom is -0.493 e. The van der Waals surface area contributed by atoms with Crippen molar-refractivity contribution >= 4 is 10.9 Å². The maximum absolute atomic E-state index is 6.00. The number of hydrogen-bond donors (Lipinski definition) is 0. The largest absolute Gasteiger partial charge is 0.493 e. The van der Waals surface area contributed by atoms with Crippen LogP contribution in [0.5, 0.6) is 5.75 Å². The molecule has 0 saturated carbocycles. The monoisotopic (exact) mass is 306 g/mol. The average Bonchev–Trinajstić information content (AvgIpc) is 2.74. The van der Waals surface area contributed by atoms with Gasteiger partial charge in [0.25, 0.3) is 0 Å². The second-order valence-corrected chi connectivity index (χ2v) is 6.39. The molecule has 3 aromatic rings. The minimum atomic E-state index is 0.742. The number of aromatic nitrogens is 1. The first-order valence-corrected chi connectivity index (χ1v) is 8.23. The summed E-state index contributed by atoms with van der Waals surface area (Å²) < 4.78 is 8.47. The van der Waals surface area contributed by atoms with E-state index >= 15 is 0 Å². The molecular formula is C20H22N2O. The lowest BCUT2D eigenvalue weighted by atomic mass is 10.0. The third-order valence-corrected chi connectivity index (χ3v) is 4.60. The molecule has 3 heteroatoms. The molecule has 3 nitrogen and oxygen atoms in total. The molecule has 0 unspecified atom stereocenters. The van der Waals surface area contributed by atoms with Crippen molar-refractivity contribution in [3.8, 4) is 17.0 Å². The van der Waals surface area contributed by atoms with Crippen molar-refractivity contribution in [3.63, 3.8) is 0 Å². The molecule has 0 radical (unpaired) electrons. The molecule has 0 N–H and O–H groups in total. The van der Waals surface area contributed by atoms with Crippen LogP contribution in [0.3, 0.4) is 0 Å². The molecule has 0 spiro atoms. The lowest BCUT2D eigenvalue weighted by Crippen LogP contribution is -2.18. The Morgan fingerprint density at radius 3 is 2.70 bits per heavy atom. The Bertz CT molecular complexity index is 848. The van der Waals surface area contributed by atoms with E-state index in [1.807, 2.05) is 0 Å². The summed E-state index contributed by atoms with van der Waals surface area (Å²) in [6, 6.07) is 17.2. The van der Waals surface area contributed by atoms with E-state index in [1.54, 1.807) is 0 Å². The number of rotatable bonds is 3. The van der Waals surface area contributed by atoms with Gasteiger partial charge in [-0.2, -0.15) is 0 Å². The first-order valence-electron chi connectivity index (χ1n) is 8.23. The van der Waals surface area contributed by atoms with E-state index < -0.39 is 0 Å². The van der Waals surface area contributed by atoms with Gasteiger partial charge in [0.2, 0.25) is 0 Å². The van der Waals surface area contributed by atoms with Gasteiger partial charge < -0.3 is 14.2 Å². The molecule has 2 aromatic carbocycles. The predicted octanol–water partition coefficient (Wildman–Crippen LogP) is 3.80. The normalized spacial score (nSPS) is 13.5. The highest BCUT2D eigenvalue weighted by Gasteiger charge is 2.23. The summed E-state index contributed by atoms with van der Waals surface area (Å²) in [6.45, 7) is 2.75. The second-order valence-electron chi connectivity index (χ2n) is 6.39. The van der Waals surface area contributed by atoms with Crippen molar-refractivity contribution in [2.24, 2.45) is 0 Å². The molecule has 1 aliphatic heterocycles. The Balaban J connectivity index is 2.00. The molecular weight excluding hydrogens is 284 g/mol. The van der Waals surface area contributed by atoms with Crippen LogP contribution < -0.4 is 4.74 Å². The van der Waals surface area contributed by atoms with Crippen molar-refractivity contribution < 1.29 is 4.74 Å². The molecule has 1 aliphatic rings. The van der Waals surface area contributed by atoms with E-state index in [9.17, 15) is 0 Å². The highest BCUT2D eigenvalue weighted by molar-refractivity contribution is 5.93. The van der Waals surface area contributed by atoms with Gasteiger partial charge in [-0.15, -0.1) is 0 Å². The van der Waals surface area contributed by atoms with E-state index in [-0.39, 0.29) is 0 Å². The van der Waals surface area contributed by atoms with Gasteiger partial charge in [-0.3, -0.25) is 0 Å². The molecule has 0 amide bonds. The van der Waals surface area contributed by atoms with Gasteiger partial charge in [0, 0.05) is 36.0 Å². The first-order chi connectivity index (χ1) is 11.3. The SMILES string of the molecule is CN(C)CCn1c2c(c3ccccc31)CCOc1ccccc1-2. The zero-order chi connectivity index (χ0) is 15.8. The lowest BCUT2D eigenvalue weighted by Gasteiger charge is -2.16. The van der Waals surface area contributed by atoms with E-state index in [2.05, 4.69) is 72.1 Å². The lowest BCUT2D eigenvalue weighted by molar-refractivity contribution is 0.327. The Labute approximate surface area is 137 Å². The maximum Gasteiger partial charge on any atom is 0.128 e. The zero-order valence-corrected chi connectivity index (χ0v) is 13.7. The van der Waals surface area contributed by atoms with E-state index in [1.165, 1.54) is 27.7 Å². The van der Waals surface area contributed by atoms with Gasteiger partial charge in [0.1, 0.15) is 5.75 Å². The first kappa shape index (κ1) is 14.3. The van der Waals surface area contributed by atoms with Crippen LogP contribution in [0.4, 0.5) is 0 Å². The van der Waals surface area contributed by atoms with Crippen LogP contribution in [0.25, 0.3) is 22.2 Å². The number of likely N-dealkylation sites (N-methyl/N-ethyl adjacent to an activating group) is 1. The fourth-order valence-corrected chi connectivity index (χ4v) is 3.52. The molecule has 118 valence electrons. The molecule has 0 saturated heterocycles. The van der Waals surface area contributed by atoms with Gasteiger partial charge in [-0.25, -0.2) is 0 Å². The van der Waals surface area contributed by atoms with Gasteiger partial charge in [-0.05, 0) is 37.9 Å². The third-order valence-electron chi connectivity index (χ3n) is 4.60. The van der Waals surface area contributed by atoms with Crippen LogP contribution in [0.1, 0.15) is 5.56 Å². The third kappa shape index (κ3) is 2.41. The Morgan fingerprint density at radius 1 is 1.04 bits per heavy atom. The van der Waals surface area contributed by atoms with Gasteiger partial charge in [0.15, 0.2) is 0 Å². The standard InChI is InChI=1S/C20H22N2O/c1-21(2)12-13-22-18-9-5-3-7-15(18)16-11-14-23-19-10-6-4-8-17(19)20(16)22/h3-10H,11-14H2,1-2H3. The van der Waals surface area contributed by atoms with Crippen molar-refractivity contribution in [2.75, 3.05) is 27.2 Å². The molecule has 23 heavy (non-hydrogen) atoms. The number of para-hydroxylation sites is 2. The Morgan fingerprint density at radius 2 is 1.83 bits per heavy atom.